The molecule has 0 aromatic heterocycles. The second-order valence-corrected chi connectivity index (χ2v) is 2.66. The molecular formula is C17H40N2. The molecule has 2 N–H and O–H groups in total. The van der Waals surface area contributed by atoms with Crippen LogP contribution in [0.25, 0.3) is 0 Å². The number of hydrogen-bond donors (Lipinski definition) is 2. The normalized spacial score (nSPS) is 13.1. The van der Waals surface area contributed by atoms with Gasteiger partial charge in [-0.1, -0.05) is 67.5 Å². The molecule has 19 heavy (non-hydrogen) atoms. The largest absolute Gasteiger partial charge is 0.368 e. The first-order valence-electron chi connectivity index (χ1n) is 8.27. The van der Waals surface area contributed by atoms with Gasteiger partial charge in [-0.2, -0.15) is 0 Å². The minimum atomic E-state index is 1.08. The molecule has 2 aliphatic rings. The average Bonchev–Trinajstić information content (AvgIpc) is 3.16. The number of allylic oxidation sites excluding steroid dienone is 2. The van der Waals surface area contributed by atoms with Gasteiger partial charge >= 0.3 is 0 Å². The topological polar surface area (TPSA) is 24.1 Å². The lowest BCUT2D eigenvalue weighted by Crippen LogP contribution is -2.03. The van der Waals surface area contributed by atoms with Gasteiger partial charge in [-0.3, -0.25) is 0 Å². The maximum absolute atomic E-state index is 3.22. The molecule has 1 saturated heterocycles. The van der Waals surface area contributed by atoms with Crippen molar-refractivity contribution in [2.24, 2.45) is 0 Å². The molecule has 0 spiro atoms. The summed E-state index contributed by atoms with van der Waals surface area (Å²) >= 11 is 0. The Morgan fingerprint density at radius 2 is 1.00 bits per heavy atom. The number of hydrogen-bond acceptors (Lipinski definition) is 2. The molecule has 0 aromatic carbocycles. The summed E-state index contributed by atoms with van der Waals surface area (Å²) < 4.78 is 0. The molecule has 2 nitrogen and oxygen atoms in total. The summed E-state index contributed by atoms with van der Waals surface area (Å²) in [5.74, 6) is 0. The van der Waals surface area contributed by atoms with E-state index in [1.807, 2.05) is 67.8 Å². The van der Waals surface area contributed by atoms with E-state index in [1.165, 1.54) is 25.9 Å². The third-order valence-corrected chi connectivity index (χ3v) is 1.66. The van der Waals surface area contributed by atoms with Crippen LogP contribution in [0, 0.1) is 0 Å². The van der Waals surface area contributed by atoms with Crippen LogP contribution >= 0.6 is 0 Å². The van der Waals surface area contributed by atoms with Crippen LogP contribution in [0.2, 0.25) is 0 Å². The molecule has 0 amide bonds. The maximum Gasteiger partial charge on any atom is -0.00326 e. The Morgan fingerprint density at radius 1 is 0.632 bits per heavy atom. The zero-order chi connectivity index (χ0) is 15.8. The van der Waals surface area contributed by atoms with Crippen molar-refractivity contribution in [1.82, 2.24) is 10.6 Å². The third kappa shape index (κ3) is 38.2. The first kappa shape index (κ1) is 26.7. The Kier molecular flexibility index (Phi) is 61.0. The molecule has 0 unspecified atom stereocenters. The van der Waals surface area contributed by atoms with Crippen LogP contribution in [-0.4, -0.2) is 13.1 Å². The Morgan fingerprint density at radius 3 is 1.11 bits per heavy atom. The maximum atomic E-state index is 3.22. The van der Waals surface area contributed by atoms with Gasteiger partial charge < -0.3 is 10.6 Å². The van der Waals surface area contributed by atoms with Gasteiger partial charge in [0.2, 0.25) is 0 Å². The lowest BCUT2D eigenvalue weighted by Gasteiger charge is -1.92. The zero-order valence-electron chi connectivity index (χ0n) is 14.8. The van der Waals surface area contributed by atoms with E-state index >= 15 is 0 Å². The van der Waals surface area contributed by atoms with Gasteiger partial charge in [0.25, 0.3) is 0 Å². The SMILES string of the molecule is C1=CNC=CC1.C1CCNC1.CC.CC.CC.CC. The molecule has 0 bridgehead atoms. The first-order valence-corrected chi connectivity index (χ1v) is 8.27. The van der Waals surface area contributed by atoms with Gasteiger partial charge in [-0.25, -0.2) is 0 Å². The summed E-state index contributed by atoms with van der Waals surface area (Å²) in [6.45, 7) is 18.5. The predicted molar refractivity (Wildman–Crippen MR) is 93.5 cm³/mol. The van der Waals surface area contributed by atoms with Crippen molar-refractivity contribution in [1.29, 1.82) is 0 Å². The highest BCUT2D eigenvalue weighted by atomic mass is 14.9. The van der Waals surface area contributed by atoms with Crippen molar-refractivity contribution in [2.45, 2.75) is 74.7 Å². The monoisotopic (exact) mass is 272 g/mol. The quantitative estimate of drug-likeness (QED) is 0.610. The van der Waals surface area contributed by atoms with Crippen molar-refractivity contribution in [3.05, 3.63) is 24.6 Å². The summed E-state index contributed by atoms with van der Waals surface area (Å²) in [6.07, 6.45) is 11.9. The minimum Gasteiger partial charge on any atom is -0.368 e. The molecule has 0 saturated carbocycles. The lowest BCUT2D eigenvalue weighted by atomic mass is 10.4. The summed E-state index contributed by atoms with van der Waals surface area (Å²) in [4.78, 5) is 0. The smallest absolute Gasteiger partial charge is 0.00326 e. The van der Waals surface area contributed by atoms with Crippen molar-refractivity contribution < 1.29 is 0 Å². The molecule has 2 heterocycles. The molecule has 118 valence electrons. The molecule has 0 aromatic rings. The standard InChI is InChI=1S/C5H7N.C4H9N.4C2H6/c1-2-4-6-5-3-1;1-2-4-5-3-1;4*1-2/h2-6H,1H2;5H,1-4H2;4*1-2H3. The fourth-order valence-electron chi connectivity index (χ4n) is 1.03. The number of dihydropyridines is 1. The molecule has 0 radical (unpaired) electrons. The van der Waals surface area contributed by atoms with Gasteiger partial charge in [-0.15, -0.1) is 0 Å². The van der Waals surface area contributed by atoms with Crippen molar-refractivity contribution in [3.8, 4) is 0 Å². The lowest BCUT2D eigenvalue weighted by molar-refractivity contribution is 0.857. The molecule has 2 heteroatoms. The summed E-state index contributed by atoms with van der Waals surface area (Å²) in [7, 11) is 0. The van der Waals surface area contributed by atoms with Crippen LogP contribution in [0.15, 0.2) is 24.6 Å². The minimum absolute atomic E-state index is 1.08. The van der Waals surface area contributed by atoms with E-state index in [2.05, 4.69) is 22.8 Å². The molecular weight excluding hydrogens is 232 g/mol. The van der Waals surface area contributed by atoms with E-state index in [1.54, 1.807) is 0 Å². The van der Waals surface area contributed by atoms with Gasteiger partial charge in [0.15, 0.2) is 0 Å². The average molecular weight is 273 g/mol. The third-order valence-electron chi connectivity index (χ3n) is 1.66. The fourth-order valence-corrected chi connectivity index (χ4v) is 1.03. The summed E-state index contributed by atoms with van der Waals surface area (Å²) in [5.41, 5.74) is 0. The first-order chi connectivity index (χ1) is 9.50. The highest BCUT2D eigenvalue weighted by Gasteiger charge is 1.93. The van der Waals surface area contributed by atoms with Crippen LogP contribution in [0.1, 0.15) is 74.7 Å². The second kappa shape index (κ2) is 43.4. The fraction of sp³-hybridized carbons (Fsp3) is 0.765. The van der Waals surface area contributed by atoms with E-state index in [-0.39, 0.29) is 0 Å². The van der Waals surface area contributed by atoms with E-state index in [0.717, 1.165) is 6.42 Å². The Hall–Kier alpha value is -0.760. The molecule has 0 atom stereocenters. The van der Waals surface area contributed by atoms with Crippen LogP contribution in [0.4, 0.5) is 0 Å². The predicted octanol–water partition coefficient (Wildman–Crippen LogP) is 5.48. The number of nitrogens with one attached hydrogen (secondary N) is 2. The van der Waals surface area contributed by atoms with Crippen LogP contribution in [0.5, 0.6) is 0 Å². The molecule has 2 aliphatic heterocycles. The highest BCUT2D eigenvalue weighted by molar-refractivity contribution is 4.98. The highest BCUT2D eigenvalue weighted by Crippen LogP contribution is 1.90. The van der Waals surface area contributed by atoms with Crippen LogP contribution < -0.4 is 10.6 Å². The van der Waals surface area contributed by atoms with Gasteiger partial charge in [0, 0.05) is 0 Å². The summed E-state index contributed by atoms with van der Waals surface area (Å²) in [6, 6.07) is 0. The summed E-state index contributed by atoms with van der Waals surface area (Å²) in [5, 5.41) is 6.15. The Bertz CT molecular complexity index is 109. The van der Waals surface area contributed by atoms with E-state index in [9.17, 15) is 0 Å². The van der Waals surface area contributed by atoms with Gasteiger partial charge in [-0.05, 0) is 44.8 Å². The molecule has 2 rings (SSSR count). The van der Waals surface area contributed by atoms with Crippen molar-refractivity contribution in [3.63, 3.8) is 0 Å². The van der Waals surface area contributed by atoms with Crippen molar-refractivity contribution in [2.75, 3.05) is 13.1 Å². The number of rotatable bonds is 0. The Labute approximate surface area is 123 Å². The van der Waals surface area contributed by atoms with E-state index in [0.29, 0.717) is 0 Å². The molecule has 0 aliphatic carbocycles. The van der Waals surface area contributed by atoms with E-state index in [4.69, 9.17) is 0 Å². The van der Waals surface area contributed by atoms with Gasteiger partial charge in [0.05, 0.1) is 0 Å². The molecule has 1 fully saturated rings. The van der Waals surface area contributed by atoms with Gasteiger partial charge in [0.1, 0.15) is 0 Å². The van der Waals surface area contributed by atoms with Crippen molar-refractivity contribution >= 4 is 0 Å². The second-order valence-electron chi connectivity index (χ2n) is 2.66. The van der Waals surface area contributed by atoms with Crippen LogP contribution in [-0.2, 0) is 0 Å². The van der Waals surface area contributed by atoms with E-state index < -0.39 is 0 Å². The Balaban J connectivity index is -0.0000000790. The van der Waals surface area contributed by atoms with Crippen LogP contribution in [0.3, 0.4) is 0 Å². The zero-order valence-corrected chi connectivity index (χ0v) is 14.8.